The average molecular weight is 398 g/mol. The summed E-state index contributed by atoms with van der Waals surface area (Å²) in [6, 6.07) is 14.8. The highest BCUT2D eigenvalue weighted by molar-refractivity contribution is 7.84. The van der Waals surface area contributed by atoms with E-state index in [1.807, 2.05) is 38.1 Å². The molecule has 0 spiro atoms. The fraction of sp³-hybridized carbons (Fsp3) is 0.286. The van der Waals surface area contributed by atoms with Crippen molar-refractivity contribution in [3.05, 3.63) is 59.7 Å². The number of amides is 1. The first-order chi connectivity index (χ1) is 13.3. The standard InChI is InChI=1S/C21H23N3O3S/c1-14-6-5-7-18(12-14)20-23-22-19(27-20)16-8-10-17(11-9-16)21(25)24(3)15(2)13-28(4)26/h5-12,15H,13H2,1-4H3/t15-,28+/m0/s1. The summed E-state index contributed by atoms with van der Waals surface area (Å²) in [7, 11) is 0.768. The molecule has 1 amide bonds. The monoisotopic (exact) mass is 397 g/mol. The number of aryl methyl sites for hydroxylation is 1. The molecule has 0 fully saturated rings. The number of nitrogens with zero attached hydrogens (tertiary/aromatic N) is 3. The van der Waals surface area contributed by atoms with Crippen LogP contribution in [0.25, 0.3) is 22.9 Å². The molecule has 3 rings (SSSR count). The van der Waals surface area contributed by atoms with E-state index in [1.165, 1.54) is 0 Å². The molecule has 0 aliphatic carbocycles. The topological polar surface area (TPSA) is 76.3 Å². The molecule has 7 heteroatoms. The number of carbonyl (C=O) groups is 1. The minimum Gasteiger partial charge on any atom is -0.416 e. The van der Waals surface area contributed by atoms with Crippen LogP contribution in [0, 0.1) is 6.92 Å². The van der Waals surface area contributed by atoms with Crippen molar-refractivity contribution in [2.24, 2.45) is 0 Å². The van der Waals surface area contributed by atoms with Gasteiger partial charge < -0.3 is 9.32 Å². The molecule has 0 aliphatic rings. The molecule has 0 saturated heterocycles. The molecule has 2 atom stereocenters. The maximum absolute atomic E-state index is 12.6. The molecule has 0 bridgehead atoms. The second kappa shape index (κ2) is 8.48. The quantitative estimate of drug-likeness (QED) is 0.636. The third kappa shape index (κ3) is 4.54. The van der Waals surface area contributed by atoms with Crippen LogP contribution in [0.2, 0.25) is 0 Å². The highest BCUT2D eigenvalue weighted by Crippen LogP contribution is 2.25. The lowest BCUT2D eigenvalue weighted by Crippen LogP contribution is -2.38. The summed E-state index contributed by atoms with van der Waals surface area (Å²) in [4.78, 5) is 14.2. The number of rotatable bonds is 6. The van der Waals surface area contributed by atoms with Gasteiger partial charge in [0.15, 0.2) is 0 Å². The molecule has 146 valence electrons. The first-order valence-corrected chi connectivity index (χ1v) is 10.7. The number of hydrogen-bond donors (Lipinski definition) is 0. The predicted octanol–water partition coefficient (Wildman–Crippen LogP) is 3.55. The van der Waals surface area contributed by atoms with Gasteiger partial charge in [-0.1, -0.05) is 17.7 Å². The van der Waals surface area contributed by atoms with Gasteiger partial charge in [0.25, 0.3) is 5.91 Å². The Hall–Kier alpha value is -2.80. The van der Waals surface area contributed by atoms with E-state index in [1.54, 1.807) is 42.5 Å². The largest absolute Gasteiger partial charge is 0.416 e. The highest BCUT2D eigenvalue weighted by Gasteiger charge is 2.19. The summed E-state index contributed by atoms with van der Waals surface area (Å²) >= 11 is 0. The molecular weight excluding hydrogens is 374 g/mol. The van der Waals surface area contributed by atoms with E-state index in [2.05, 4.69) is 10.2 Å². The van der Waals surface area contributed by atoms with Gasteiger partial charge in [0, 0.05) is 52.6 Å². The normalized spacial score (nSPS) is 13.1. The van der Waals surface area contributed by atoms with Gasteiger partial charge in [-0.25, -0.2) is 0 Å². The summed E-state index contributed by atoms with van der Waals surface area (Å²) in [5.74, 6) is 1.19. The smallest absolute Gasteiger partial charge is 0.253 e. The fourth-order valence-corrected chi connectivity index (χ4v) is 3.75. The van der Waals surface area contributed by atoms with Crippen LogP contribution in [0.5, 0.6) is 0 Å². The van der Waals surface area contributed by atoms with E-state index in [0.29, 0.717) is 23.1 Å². The van der Waals surface area contributed by atoms with Crippen LogP contribution < -0.4 is 0 Å². The van der Waals surface area contributed by atoms with Crippen molar-refractivity contribution in [3.63, 3.8) is 0 Å². The lowest BCUT2D eigenvalue weighted by molar-refractivity contribution is 0.0757. The minimum absolute atomic E-state index is 0.106. The molecule has 28 heavy (non-hydrogen) atoms. The van der Waals surface area contributed by atoms with Crippen LogP contribution in [0.3, 0.4) is 0 Å². The van der Waals surface area contributed by atoms with Gasteiger partial charge in [0.2, 0.25) is 11.8 Å². The SMILES string of the molecule is Cc1cccc(-c2nnc(-c3ccc(C(=O)N(C)[C@@H](C)C[S@@](C)=O)cc3)o2)c1. The van der Waals surface area contributed by atoms with E-state index >= 15 is 0 Å². The lowest BCUT2D eigenvalue weighted by atomic mass is 10.1. The Morgan fingerprint density at radius 1 is 1.11 bits per heavy atom. The van der Waals surface area contributed by atoms with Crippen molar-refractivity contribution in [2.75, 3.05) is 19.1 Å². The summed E-state index contributed by atoms with van der Waals surface area (Å²) in [6.07, 6.45) is 1.64. The van der Waals surface area contributed by atoms with Crippen molar-refractivity contribution in [1.29, 1.82) is 0 Å². The Morgan fingerprint density at radius 3 is 2.36 bits per heavy atom. The van der Waals surface area contributed by atoms with E-state index in [0.717, 1.165) is 16.7 Å². The molecule has 2 aromatic carbocycles. The zero-order chi connectivity index (χ0) is 20.3. The number of benzene rings is 2. The maximum atomic E-state index is 12.6. The van der Waals surface area contributed by atoms with Crippen LogP contribution in [0.1, 0.15) is 22.8 Å². The van der Waals surface area contributed by atoms with Gasteiger partial charge >= 0.3 is 0 Å². The Balaban J connectivity index is 1.76. The van der Waals surface area contributed by atoms with Crippen molar-refractivity contribution in [1.82, 2.24) is 15.1 Å². The third-order valence-corrected chi connectivity index (χ3v) is 5.48. The lowest BCUT2D eigenvalue weighted by Gasteiger charge is -2.24. The Bertz CT molecular complexity index is 998. The molecule has 1 heterocycles. The number of carbonyl (C=O) groups excluding carboxylic acids is 1. The van der Waals surface area contributed by atoms with Gasteiger partial charge in [-0.3, -0.25) is 9.00 Å². The van der Waals surface area contributed by atoms with Crippen molar-refractivity contribution >= 4 is 16.7 Å². The van der Waals surface area contributed by atoms with E-state index in [9.17, 15) is 9.00 Å². The van der Waals surface area contributed by atoms with Crippen LogP contribution >= 0.6 is 0 Å². The van der Waals surface area contributed by atoms with Gasteiger partial charge in [0.05, 0.1) is 0 Å². The first-order valence-electron chi connectivity index (χ1n) is 8.93. The molecule has 6 nitrogen and oxygen atoms in total. The Kier molecular flexibility index (Phi) is 6.04. The minimum atomic E-state index is -0.954. The number of hydrogen-bond acceptors (Lipinski definition) is 5. The highest BCUT2D eigenvalue weighted by atomic mass is 32.2. The Labute approximate surface area is 167 Å². The molecule has 0 aliphatic heterocycles. The molecule has 0 radical (unpaired) electrons. The predicted molar refractivity (Wildman–Crippen MR) is 110 cm³/mol. The van der Waals surface area contributed by atoms with Crippen LogP contribution in [0.4, 0.5) is 0 Å². The Morgan fingerprint density at radius 2 is 1.75 bits per heavy atom. The molecule has 3 aromatic rings. The van der Waals surface area contributed by atoms with Gasteiger partial charge in [-0.2, -0.15) is 0 Å². The van der Waals surface area contributed by atoms with Crippen molar-refractivity contribution in [3.8, 4) is 22.9 Å². The first kappa shape index (κ1) is 19.9. The fourth-order valence-electron chi connectivity index (χ4n) is 2.85. The molecule has 1 aromatic heterocycles. The molecule has 0 N–H and O–H groups in total. The van der Waals surface area contributed by atoms with Gasteiger partial charge in [-0.05, 0) is 50.2 Å². The maximum Gasteiger partial charge on any atom is 0.253 e. The zero-order valence-corrected chi connectivity index (χ0v) is 17.2. The van der Waals surface area contributed by atoms with Gasteiger partial charge in [0.1, 0.15) is 0 Å². The zero-order valence-electron chi connectivity index (χ0n) is 16.4. The van der Waals surface area contributed by atoms with Crippen molar-refractivity contribution in [2.45, 2.75) is 19.9 Å². The van der Waals surface area contributed by atoms with Crippen LogP contribution in [0.15, 0.2) is 52.9 Å². The van der Waals surface area contributed by atoms with Crippen LogP contribution in [-0.2, 0) is 10.8 Å². The third-order valence-electron chi connectivity index (χ3n) is 4.53. The van der Waals surface area contributed by atoms with E-state index in [-0.39, 0.29) is 11.9 Å². The average Bonchev–Trinajstić information content (AvgIpc) is 3.16. The summed E-state index contributed by atoms with van der Waals surface area (Å²) in [6.45, 7) is 3.89. The molecule has 0 saturated carbocycles. The second-order valence-electron chi connectivity index (χ2n) is 6.86. The summed E-state index contributed by atoms with van der Waals surface area (Å²) in [5, 5.41) is 8.24. The van der Waals surface area contributed by atoms with E-state index < -0.39 is 10.8 Å². The molecule has 0 unspecified atom stereocenters. The van der Waals surface area contributed by atoms with Crippen molar-refractivity contribution < 1.29 is 13.4 Å². The molecular formula is C21H23N3O3S. The van der Waals surface area contributed by atoms with Gasteiger partial charge in [-0.15, -0.1) is 10.2 Å². The second-order valence-corrected chi connectivity index (χ2v) is 8.34. The summed E-state index contributed by atoms with van der Waals surface area (Å²) < 4.78 is 17.2. The summed E-state index contributed by atoms with van der Waals surface area (Å²) in [5.41, 5.74) is 3.28. The number of aromatic nitrogens is 2. The van der Waals surface area contributed by atoms with Crippen LogP contribution in [-0.4, -0.2) is 50.3 Å². The van der Waals surface area contributed by atoms with E-state index in [4.69, 9.17) is 4.42 Å².